The second-order valence-corrected chi connectivity index (χ2v) is 8.65. The number of morpholine rings is 1. The van der Waals surface area contributed by atoms with Crippen molar-refractivity contribution in [1.82, 2.24) is 20.0 Å². The van der Waals surface area contributed by atoms with Gasteiger partial charge in [0.25, 0.3) is 5.91 Å². The van der Waals surface area contributed by atoms with Gasteiger partial charge in [-0.05, 0) is 18.4 Å². The van der Waals surface area contributed by atoms with Gasteiger partial charge in [0.05, 0.1) is 29.9 Å². The SMILES string of the molecule is COCCNC(=O)c1sc2ccccc2c1[C@@H]1CN(Cc2cn(C)nc2C)CCO1. The molecule has 3 aromatic rings. The van der Waals surface area contributed by atoms with E-state index in [-0.39, 0.29) is 12.0 Å². The van der Waals surface area contributed by atoms with E-state index in [2.05, 4.69) is 33.6 Å². The third-order valence-electron chi connectivity index (χ3n) is 5.41. The highest BCUT2D eigenvalue weighted by Crippen LogP contribution is 2.38. The van der Waals surface area contributed by atoms with E-state index in [1.165, 1.54) is 16.9 Å². The highest BCUT2D eigenvalue weighted by atomic mass is 32.1. The van der Waals surface area contributed by atoms with Crippen LogP contribution in [0.1, 0.15) is 32.6 Å². The third kappa shape index (κ3) is 4.41. The Hall–Kier alpha value is -2.26. The van der Waals surface area contributed by atoms with E-state index >= 15 is 0 Å². The first kappa shape index (κ1) is 21.0. The maximum absolute atomic E-state index is 12.9. The summed E-state index contributed by atoms with van der Waals surface area (Å²) in [5.41, 5.74) is 3.28. The number of fused-ring (bicyclic) bond motifs is 1. The highest BCUT2D eigenvalue weighted by molar-refractivity contribution is 7.21. The van der Waals surface area contributed by atoms with Gasteiger partial charge in [-0.3, -0.25) is 14.4 Å². The number of carbonyl (C=O) groups is 1. The van der Waals surface area contributed by atoms with Crippen LogP contribution in [-0.4, -0.2) is 60.5 Å². The van der Waals surface area contributed by atoms with Crippen LogP contribution >= 0.6 is 11.3 Å². The molecule has 30 heavy (non-hydrogen) atoms. The molecule has 160 valence electrons. The van der Waals surface area contributed by atoms with Gasteiger partial charge in [-0.25, -0.2) is 0 Å². The van der Waals surface area contributed by atoms with Gasteiger partial charge < -0.3 is 14.8 Å². The molecule has 0 spiro atoms. The van der Waals surface area contributed by atoms with E-state index in [4.69, 9.17) is 9.47 Å². The van der Waals surface area contributed by atoms with Gasteiger partial charge in [-0.2, -0.15) is 5.10 Å². The van der Waals surface area contributed by atoms with Crippen LogP contribution in [-0.2, 0) is 23.1 Å². The second kappa shape index (κ2) is 9.26. The lowest BCUT2D eigenvalue weighted by Gasteiger charge is -2.33. The Bertz CT molecular complexity index is 1030. The number of benzene rings is 1. The number of hydrogen-bond donors (Lipinski definition) is 1. The molecule has 1 aliphatic rings. The Morgan fingerprint density at radius 1 is 1.40 bits per heavy atom. The number of aryl methyl sites for hydroxylation is 2. The first-order valence-corrected chi connectivity index (χ1v) is 11.0. The molecule has 0 radical (unpaired) electrons. The molecule has 1 atom stereocenters. The first-order valence-electron chi connectivity index (χ1n) is 10.2. The number of rotatable bonds is 7. The van der Waals surface area contributed by atoms with Gasteiger partial charge in [0.2, 0.25) is 0 Å². The molecule has 0 bridgehead atoms. The zero-order chi connectivity index (χ0) is 21.1. The number of nitrogens with zero attached hydrogens (tertiary/aromatic N) is 3. The number of carbonyl (C=O) groups excluding carboxylic acids is 1. The van der Waals surface area contributed by atoms with E-state index in [1.54, 1.807) is 7.11 Å². The van der Waals surface area contributed by atoms with E-state index in [9.17, 15) is 4.79 Å². The molecule has 0 unspecified atom stereocenters. The van der Waals surface area contributed by atoms with Crippen LogP contribution in [0.25, 0.3) is 10.1 Å². The van der Waals surface area contributed by atoms with Crippen LogP contribution in [0, 0.1) is 6.92 Å². The lowest BCUT2D eigenvalue weighted by Crippen LogP contribution is -2.38. The number of ether oxygens (including phenoxy) is 2. The summed E-state index contributed by atoms with van der Waals surface area (Å²) < 4.78 is 14.2. The Morgan fingerprint density at radius 2 is 2.23 bits per heavy atom. The minimum atomic E-state index is -0.143. The highest BCUT2D eigenvalue weighted by Gasteiger charge is 2.30. The fourth-order valence-corrected chi connectivity index (χ4v) is 5.14. The molecule has 1 aliphatic heterocycles. The van der Waals surface area contributed by atoms with Crippen LogP contribution in [0.15, 0.2) is 30.5 Å². The van der Waals surface area contributed by atoms with Crippen molar-refractivity contribution < 1.29 is 14.3 Å². The average molecular weight is 429 g/mol. The minimum Gasteiger partial charge on any atom is -0.383 e. The lowest BCUT2D eigenvalue weighted by molar-refractivity contribution is -0.0323. The molecule has 0 saturated carbocycles. The molecule has 7 nitrogen and oxygen atoms in total. The molecule has 0 aliphatic carbocycles. The standard InChI is InChI=1S/C22H28N4O3S/c1-15-16(12-25(2)24-15)13-26-9-11-29-18(14-26)20-17-6-4-5-7-19(17)30-21(20)22(27)23-8-10-28-3/h4-7,12,18H,8-11,13-14H2,1-3H3,(H,23,27)/t18-/m0/s1. The summed E-state index contributed by atoms with van der Waals surface area (Å²) in [6, 6.07) is 8.18. The molecule has 1 fully saturated rings. The topological polar surface area (TPSA) is 68.6 Å². The number of amides is 1. The van der Waals surface area contributed by atoms with Crippen molar-refractivity contribution in [3.05, 3.63) is 52.2 Å². The zero-order valence-electron chi connectivity index (χ0n) is 17.7. The van der Waals surface area contributed by atoms with Gasteiger partial charge in [-0.1, -0.05) is 18.2 Å². The van der Waals surface area contributed by atoms with Gasteiger partial charge in [0.1, 0.15) is 0 Å². The summed E-state index contributed by atoms with van der Waals surface area (Å²) in [5, 5.41) is 8.53. The average Bonchev–Trinajstić information content (AvgIpc) is 3.27. The number of hydrogen-bond acceptors (Lipinski definition) is 6. The molecule has 4 rings (SSSR count). The second-order valence-electron chi connectivity index (χ2n) is 7.60. The predicted octanol–water partition coefficient (Wildman–Crippen LogP) is 2.89. The van der Waals surface area contributed by atoms with Gasteiger partial charge in [0, 0.05) is 62.4 Å². The number of thiophene rings is 1. The van der Waals surface area contributed by atoms with Crippen molar-refractivity contribution in [2.24, 2.45) is 7.05 Å². The summed E-state index contributed by atoms with van der Waals surface area (Å²) >= 11 is 1.53. The van der Waals surface area contributed by atoms with Crippen molar-refractivity contribution >= 4 is 27.3 Å². The smallest absolute Gasteiger partial charge is 0.261 e. The molecule has 2 aromatic heterocycles. The van der Waals surface area contributed by atoms with Crippen LogP contribution in [0.3, 0.4) is 0 Å². The Kier molecular flexibility index (Phi) is 6.48. The zero-order valence-corrected chi connectivity index (χ0v) is 18.5. The maximum atomic E-state index is 12.9. The molecule has 1 amide bonds. The van der Waals surface area contributed by atoms with E-state index in [1.807, 2.05) is 30.8 Å². The summed E-state index contributed by atoms with van der Waals surface area (Å²) in [4.78, 5) is 16.1. The summed E-state index contributed by atoms with van der Waals surface area (Å²) in [5.74, 6) is -0.0629. The monoisotopic (exact) mass is 428 g/mol. The quantitative estimate of drug-likeness (QED) is 0.586. The van der Waals surface area contributed by atoms with Crippen LogP contribution < -0.4 is 5.32 Å². The fraction of sp³-hybridized carbons (Fsp3) is 0.455. The van der Waals surface area contributed by atoms with E-state index in [0.717, 1.165) is 45.9 Å². The lowest BCUT2D eigenvalue weighted by atomic mass is 10.0. The van der Waals surface area contributed by atoms with Crippen molar-refractivity contribution in [1.29, 1.82) is 0 Å². The molecular formula is C22H28N4O3S. The molecule has 8 heteroatoms. The minimum absolute atomic E-state index is 0.0629. The Balaban J connectivity index is 1.60. The molecule has 1 N–H and O–H groups in total. The van der Waals surface area contributed by atoms with Crippen LogP contribution in [0.5, 0.6) is 0 Å². The first-order chi connectivity index (χ1) is 14.6. The summed E-state index contributed by atoms with van der Waals surface area (Å²) in [6.07, 6.45) is 1.93. The third-order valence-corrected chi connectivity index (χ3v) is 6.60. The summed E-state index contributed by atoms with van der Waals surface area (Å²) in [6.45, 7) is 6.10. The van der Waals surface area contributed by atoms with Gasteiger partial charge in [0.15, 0.2) is 0 Å². The Morgan fingerprint density at radius 3 is 3.00 bits per heavy atom. The van der Waals surface area contributed by atoms with Crippen LogP contribution in [0.4, 0.5) is 0 Å². The normalized spacial score (nSPS) is 17.5. The van der Waals surface area contributed by atoms with Crippen molar-refractivity contribution in [3.8, 4) is 0 Å². The summed E-state index contributed by atoms with van der Waals surface area (Å²) in [7, 11) is 3.58. The van der Waals surface area contributed by atoms with Crippen LogP contribution in [0.2, 0.25) is 0 Å². The Labute approximate surface area is 180 Å². The van der Waals surface area contributed by atoms with E-state index < -0.39 is 0 Å². The number of nitrogens with one attached hydrogen (secondary N) is 1. The van der Waals surface area contributed by atoms with Crippen molar-refractivity contribution in [2.75, 3.05) is 40.0 Å². The van der Waals surface area contributed by atoms with E-state index in [0.29, 0.717) is 19.8 Å². The number of methoxy groups -OCH3 is 1. The molecule has 1 aromatic carbocycles. The van der Waals surface area contributed by atoms with Gasteiger partial charge in [-0.15, -0.1) is 11.3 Å². The number of aromatic nitrogens is 2. The predicted molar refractivity (Wildman–Crippen MR) is 118 cm³/mol. The molecule has 1 saturated heterocycles. The molecule has 3 heterocycles. The van der Waals surface area contributed by atoms with Crippen molar-refractivity contribution in [2.45, 2.75) is 19.6 Å². The fourth-order valence-electron chi connectivity index (χ4n) is 3.97. The van der Waals surface area contributed by atoms with Crippen molar-refractivity contribution in [3.63, 3.8) is 0 Å². The molecular weight excluding hydrogens is 400 g/mol. The van der Waals surface area contributed by atoms with Gasteiger partial charge >= 0.3 is 0 Å². The largest absolute Gasteiger partial charge is 0.383 e. The maximum Gasteiger partial charge on any atom is 0.261 e.